The summed E-state index contributed by atoms with van der Waals surface area (Å²) in [4.78, 5) is 14.2. The number of carbonyl (C=O) groups excluding carboxylic acids is 1. The van der Waals surface area contributed by atoms with Crippen molar-refractivity contribution >= 4 is 5.91 Å². The van der Waals surface area contributed by atoms with Crippen LogP contribution in [0.5, 0.6) is 5.75 Å². The smallest absolute Gasteiger partial charge is 0.239 e. The zero-order valence-corrected chi connectivity index (χ0v) is 12.5. The third-order valence-electron chi connectivity index (χ3n) is 3.84. The van der Waals surface area contributed by atoms with Crippen molar-refractivity contribution in [1.29, 1.82) is 0 Å². The van der Waals surface area contributed by atoms with Gasteiger partial charge in [0, 0.05) is 25.7 Å². The predicted molar refractivity (Wildman–Crippen MR) is 80.2 cm³/mol. The van der Waals surface area contributed by atoms with E-state index in [4.69, 9.17) is 15.2 Å². The Hall–Kier alpha value is -1.63. The molecule has 0 bridgehead atoms. The van der Waals surface area contributed by atoms with Crippen LogP contribution in [0, 0.1) is 0 Å². The Morgan fingerprint density at radius 2 is 2.33 bits per heavy atom. The van der Waals surface area contributed by atoms with Crippen molar-refractivity contribution < 1.29 is 14.3 Å². The van der Waals surface area contributed by atoms with Crippen LogP contribution in [0.3, 0.4) is 0 Å². The van der Waals surface area contributed by atoms with Crippen LogP contribution in [0.25, 0.3) is 0 Å². The molecule has 116 valence electrons. The molecule has 0 aliphatic carbocycles. The monoisotopic (exact) mass is 293 g/mol. The van der Waals surface area contributed by atoms with E-state index in [1.54, 1.807) is 14.2 Å². The molecular formula is C15H23N3O3. The summed E-state index contributed by atoms with van der Waals surface area (Å²) in [5.41, 5.74) is 6.99. The fourth-order valence-corrected chi connectivity index (χ4v) is 2.77. The third-order valence-corrected chi connectivity index (χ3v) is 3.84. The van der Waals surface area contributed by atoms with Gasteiger partial charge in [-0.25, -0.2) is 0 Å². The quantitative estimate of drug-likeness (QED) is 0.807. The van der Waals surface area contributed by atoms with Gasteiger partial charge < -0.3 is 20.5 Å². The molecule has 3 N–H and O–H groups in total. The molecule has 2 rings (SSSR count). The van der Waals surface area contributed by atoms with Crippen LogP contribution in [0.4, 0.5) is 0 Å². The number of rotatable bonds is 5. The molecule has 6 heteroatoms. The molecule has 1 fully saturated rings. The first-order valence-electron chi connectivity index (χ1n) is 7.11. The minimum absolute atomic E-state index is 0.0527. The first-order chi connectivity index (χ1) is 10.2. The van der Waals surface area contributed by atoms with Crippen molar-refractivity contribution in [3.8, 4) is 5.75 Å². The number of morpholine rings is 1. The standard InChI is InChI=1S/C15H23N3O3/c1-17-15(19)13-10-21-8-7-18(13)12(9-16)11-5-3-4-6-14(11)20-2/h3-6,12-13H,7-10,16H2,1-2H3,(H,17,19). The average molecular weight is 293 g/mol. The summed E-state index contributed by atoms with van der Waals surface area (Å²) >= 11 is 0. The van der Waals surface area contributed by atoms with Crippen LogP contribution in [0.15, 0.2) is 24.3 Å². The molecule has 0 spiro atoms. The molecule has 2 unspecified atom stereocenters. The van der Waals surface area contributed by atoms with Gasteiger partial charge in [0.2, 0.25) is 5.91 Å². The highest BCUT2D eigenvalue weighted by molar-refractivity contribution is 5.81. The predicted octanol–water partition coefficient (Wildman–Crippen LogP) is 0.142. The number of nitrogens with two attached hydrogens (primary N) is 1. The molecule has 1 aliphatic heterocycles. The van der Waals surface area contributed by atoms with Gasteiger partial charge in [0.25, 0.3) is 0 Å². The first-order valence-corrected chi connectivity index (χ1v) is 7.11. The molecule has 1 aliphatic rings. The van der Waals surface area contributed by atoms with Gasteiger partial charge in [0.15, 0.2) is 0 Å². The summed E-state index contributed by atoms with van der Waals surface area (Å²) in [5.74, 6) is 0.734. The fraction of sp³-hybridized carbons (Fsp3) is 0.533. The van der Waals surface area contributed by atoms with E-state index in [1.165, 1.54) is 0 Å². The maximum atomic E-state index is 12.1. The third kappa shape index (κ3) is 3.34. The molecule has 21 heavy (non-hydrogen) atoms. The Bertz CT molecular complexity index is 481. The minimum Gasteiger partial charge on any atom is -0.496 e. The zero-order chi connectivity index (χ0) is 15.2. The number of benzene rings is 1. The summed E-state index contributed by atoms with van der Waals surface area (Å²) in [6, 6.07) is 7.37. The molecule has 1 saturated heterocycles. The molecular weight excluding hydrogens is 270 g/mol. The molecule has 1 aromatic carbocycles. The van der Waals surface area contributed by atoms with E-state index in [2.05, 4.69) is 10.2 Å². The van der Waals surface area contributed by atoms with Crippen LogP contribution in [0.1, 0.15) is 11.6 Å². The number of carbonyl (C=O) groups is 1. The van der Waals surface area contributed by atoms with Crippen molar-refractivity contribution in [1.82, 2.24) is 10.2 Å². The Morgan fingerprint density at radius 3 is 3.00 bits per heavy atom. The summed E-state index contributed by atoms with van der Waals surface area (Å²) in [7, 11) is 3.28. The van der Waals surface area contributed by atoms with Gasteiger partial charge in [0.05, 0.1) is 26.4 Å². The lowest BCUT2D eigenvalue weighted by molar-refractivity contribution is -0.134. The summed E-state index contributed by atoms with van der Waals surface area (Å²) in [5, 5.41) is 2.69. The van der Waals surface area contributed by atoms with Gasteiger partial charge in [-0.1, -0.05) is 18.2 Å². The molecule has 0 aromatic heterocycles. The summed E-state index contributed by atoms with van der Waals surface area (Å²) < 4.78 is 10.9. The number of nitrogens with zero attached hydrogens (tertiary/aromatic N) is 1. The molecule has 1 aromatic rings. The lowest BCUT2D eigenvalue weighted by atomic mass is 10.0. The van der Waals surface area contributed by atoms with Crippen molar-refractivity contribution in [3.63, 3.8) is 0 Å². The highest BCUT2D eigenvalue weighted by Gasteiger charge is 2.34. The first kappa shape index (κ1) is 15.8. The molecule has 1 heterocycles. The van der Waals surface area contributed by atoms with Gasteiger partial charge in [-0.05, 0) is 6.07 Å². The number of amides is 1. The van der Waals surface area contributed by atoms with Crippen molar-refractivity contribution in [2.24, 2.45) is 5.73 Å². The van der Waals surface area contributed by atoms with Crippen LogP contribution >= 0.6 is 0 Å². The number of para-hydroxylation sites is 1. The zero-order valence-electron chi connectivity index (χ0n) is 12.5. The van der Waals surface area contributed by atoms with E-state index in [0.717, 1.165) is 11.3 Å². The van der Waals surface area contributed by atoms with E-state index in [1.807, 2.05) is 24.3 Å². The van der Waals surface area contributed by atoms with Crippen LogP contribution in [-0.4, -0.2) is 57.3 Å². The number of nitrogens with one attached hydrogen (secondary N) is 1. The summed E-state index contributed by atoms with van der Waals surface area (Å²) in [6.07, 6.45) is 0. The second kappa shape index (κ2) is 7.40. The second-order valence-electron chi connectivity index (χ2n) is 4.94. The van der Waals surface area contributed by atoms with E-state index in [0.29, 0.717) is 26.3 Å². The number of likely N-dealkylation sites (N-methyl/N-ethyl adjacent to an activating group) is 1. The normalized spacial score (nSPS) is 20.8. The van der Waals surface area contributed by atoms with Crippen LogP contribution in [-0.2, 0) is 9.53 Å². The molecule has 1 amide bonds. The number of methoxy groups -OCH3 is 1. The van der Waals surface area contributed by atoms with Gasteiger partial charge >= 0.3 is 0 Å². The second-order valence-corrected chi connectivity index (χ2v) is 4.94. The average Bonchev–Trinajstić information content (AvgIpc) is 2.55. The maximum Gasteiger partial charge on any atom is 0.239 e. The van der Waals surface area contributed by atoms with E-state index >= 15 is 0 Å². The summed E-state index contributed by atoms with van der Waals surface area (Å²) in [6.45, 7) is 2.05. The molecule has 0 saturated carbocycles. The Morgan fingerprint density at radius 1 is 1.57 bits per heavy atom. The highest BCUT2D eigenvalue weighted by Crippen LogP contribution is 2.30. The Labute approximate surface area is 125 Å². The van der Waals surface area contributed by atoms with Gasteiger partial charge in [-0.2, -0.15) is 0 Å². The lowest BCUT2D eigenvalue weighted by Gasteiger charge is -2.40. The van der Waals surface area contributed by atoms with Crippen LogP contribution < -0.4 is 15.8 Å². The van der Waals surface area contributed by atoms with E-state index in [-0.39, 0.29) is 18.0 Å². The fourth-order valence-electron chi connectivity index (χ4n) is 2.77. The minimum atomic E-state index is -0.331. The maximum absolute atomic E-state index is 12.1. The SMILES string of the molecule is CNC(=O)C1COCCN1C(CN)c1ccccc1OC. The Balaban J connectivity index is 2.31. The van der Waals surface area contributed by atoms with Crippen molar-refractivity contribution in [2.45, 2.75) is 12.1 Å². The van der Waals surface area contributed by atoms with E-state index < -0.39 is 0 Å². The Kier molecular flexibility index (Phi) is 5.55. The molecule has 2 atom stereocenters. The molecule has 0 radical (unpaired) electrons. The van der Waals surface area contributed by atoms with Crippen LogP contribution in [0.2, 0.25) is 0 Å². The number of ether oxygens (including phenoxy) is 2. The highest BCUT2D eigenvalue weighted by atomic mass is 16.5. The molecule has 6 nitrogen and oxygen atoms in total. The van der Waals surface area contributed by atoms with Crippen molar-refractivity contribution in [3.05, 3.63) is 29.8 Å². The topological polar surface area (TPSA) is 76.8 Å². The number of hydrogen-bond acceptors (Lipinski definition) is 5. The number of hydrogen-bond donors (Lipinski definition) is 2. The van der Waals surface area contributed by atoms with Gasteiger partial charge in [-0.15, -0.1) is 0 Å². The van der Waals surface area contributed by atoms with E-state index in [9.17, 15) is 4.79 Å². The lowest BCUT2D eigenvalue weighted by Crippen LogP contribution is -2.55. The van der Waals surface area contributed by atoms with Gasteiger partial charge in [-0.3, -0.25) is 9.69 Å². The van der Waals surface area contributed by atoms with Gasteiger partial charge in [0.1, 0.15) is 11.8 Å². The largest absolute Gasteiger partial charge is 0.496 e. The van der Waals surface area contributed by atoms with Crippen molar-refractivity contribution in [2.75, 3.05) is 40.5 Å².